The quantitative estimate of drug-likeness (QED) is 0.298. The van der Waals surface area contributed by atoms with Crippen LogP contribution in [0.15, 0.2) is 83.8 Å². The zero-order valence-corrected chi connectivity index (χ0v) is 22.8. The van der Waals surface area contributed by atoms with Crippen molar-refractivity contribution in [3.63, 3.8) is 0 Å². The van der Waals surface area contributed by atoms with Gasteiger partial charge in [-0.2, -0.15) is 0 Å². The van der Waals surface area contributed by atoms with Gasteiger partial charge in [0.05, 0.1) is 0 Å². The van der Waals surface area contributed by atoms with Crippen LogP contribution in [0.2, 0.25) is 0 Å². The van der Waals surface area contributed by atoms with Crippen molar-refractivity contribution < 1.29 is 9.59 Å². The molecule has 0 aliphatic heterocycles. The highest BCUT2D eigenvalue weighted by molar-refractivity contribution is 7.99. The van der Waals surface area contributed by atoms with E-state index >= 15 is 0 Å². The number of rotatable bonds is 11. The number of hydrogen-bond donors (Lipinski definition) is 1. The van der Waals surface area contributed by atoms with Gasteiger partial charge in [0.2, 0.25) is 11.8 Å². The maximum Gasteiger partial charge on any atom is 0.243 e. The van der Waals surface area contributed by atoms with Crippen LogP contribution in [0.4, 0.5) is 0 Å². The number of nitrogens with one attached hydrogen (secondary N) is 1. The van der Waals surface area contributed by atoms with E-state index in [-0.39, 0.29) is 17.9 Å². The molecule has 0 spiro atoms. The number of benzene rings is 3. The standard InChI is InChI=1S/C32H38N2O2S/c1-24-16-18-29(19-17-24)37-21-20-31(35)34(23-27-13-7-6-10-25(27)2)30(22-26-11-4-3-5-12-26)32(36)33-28-14-8-9-15-28/h3-7,10-13,16-19,28,30H,8-9,14-15,20-23H2,1-2H3,(H,33,36)/t30-/m0/s1. The lowest BCUT2D eigenvalue weighted by molar-refractivity contribution is -0.141. The van der Waals surface area contributed by atoms with E-state index in [2.05, 4.69) is 55.6 Å². The zero-order valence-electron chi connectivity index (χ0n) is 22.0. The van der Waals surface area contributed by atoms with Crippen LogP contribution in [0.5, 0.6) is 0 Å². The largest absolute Gasteiger partial charge is 0.352 e. The summed E-state index contributed by atoms with van der Waals surface area (Å²) < 4.78 is 0. The molecule has 2 amide bonds. The van der Waals surface area contributed by atoms with Gasteiger partial charge in [-0.05, 0) is 55.5 Å². The van der Waals surface area contributed by atoms with Crippen LogP contribution in [0.1, 0.15) is 54.4 Å². The first-order valence-corrected chi connectivity index (χ1v) is 14.4. The number of hydrogen-bond acceptors (Lipinski definition) is 3. The lowest BCUT2D eigenvalue weighted by atomic mass is 10.0. The molecule has 1 aliphatic carbocycles. The van der Waals surface area contributed by atoms with Crippen molar-refractivity contribution in [3.05, 3.63) is 101 Å². The zero-order chi connectivity index (χ0) is 26.0. The molecule has 1 atom stereocenters. The molecule has 1 N–H and O–H groups in total. The van der Waals surface area contributed by atoms with Crippen molar-refractivity contribution in [1.82, 2.24) is 10.2 Å². The number of carbonyl (C=O) groups excluding carboxylic acids is 2. The van der Waals surface area contributed by atoms with Crippen molar-refractivity contribution in [3.8, 4) is 0 Å². The number of amides is 2. The van der Waals surface area contributed by atoms with Crippen molar-refractivity contribution in [2.45, 2.75) is 75.9 Å². The Balaban J connectivity index is 1.56. The summed E-state index contributed by atoms with van der Waals surface area (Å²) in [6.07, 6.45) is 5.22. The van der Waals surface area contributed by atoms with Gasteiger partial charge in [-0.1, -0.05) is 85.1 Å². The van der Waals surface area contributed by atoms with E-state index in [0.29, 0.717) is 25.1 Å². The summed E-state index contributed by atoms with van der Waals surface area (Å²) in [6, 6.07) is 26.2. The second-order valence-electron chi connectivity index (χ2n) is 10.1. The molecule has 0 aromatic heterocycles. The lowest BCUT2D eigenvalue weighted by Gasteiger charge is -2.33. The summed E-state index contributed by atoms with van der Waals surface area (Å²) in [6.45, 7) is 4.57. The summed E-state index contributed by atoms with van der Waals surface area (Å²) in [7, 11) is 0. The minimum absolute atomic E-state index is 0.0189. The Kier molecular flexibility index (Phi) is 9.84. The van der Waals surface area contributed by atoms with Crippen molar-refractivity contribution in [2.24, 2.45) is 0 Å². The van der Waals surface area contributed by atoms with Crippen molar-refractivity contribution in [2.75, 3.05) is 5.75 Å². The van der Waals surface area contributed by atoms with Gasteiger partial charge in [0.15, 0.2) is 0 Å². The first-order chi connectivity index (χ1) is 18.0. The Bertz CT molecular complexity index is 1160. The molecule has 0 bridgehead atoms. The van der Waals surface area contributed by atoms with Crippen molar-refractivity contribution >= 4 is 23.6 Å². The molecule has 37 heavy (non-hydrogen) atoms. The van der Waals surface area contributed by atoms with Gasteiger partial charge < -0.3 is 10.2 Å². The predicted octanol–water partition coefficient (Wildman–Crippen LogP) is 6.48. The fourth-order valence-electron chi connectivity index (χ4n) is 4.93. The molecular formula is C32H38N2O2S. The lowest BCUT2D eigenvalue weighted by Crippen LogP contribution is -2.52. The SMILES string of the molecule is Cc1ccc(SCCC(=O)N(Cc2ccccc2C)[C@@H](Cc2ccccc2)C(=O)NC2CCCC2)cc1. The smallest absolute Gasteiger partial charge is 0.243 e. The normalized spacial score (nSPS) is 14.3. The fourth-order valence-corrected chi connectivity index (χ4v) is 5.77. The predicted molar refractivity (Wildman–Crippen MR) is 153 cm³/mol. The first-order valence-electron chi connectivity index (χ1n) is 13.4. The van der Waals surface area contributed by atoms with Crippen LogP contribution in [-0.4, -0.2) is 34.6 Å². The molecule has 194 valence electrons. The third-order valence-electron chi connectivity index (χ3n) is 7.18. The topological polar surface area (TPSA) is 49.4 Å². The number of nitrogens with zero attached hydrogens (tertiary/aromatic N) is 1. The fraction of sp³-hybridized carbons (Fsp3) is 0.375. The molecule has 0 saturated heterocycles. The highest BCUT2D eigenvalue weighted by Gasteiger charge is 2.32. The Labute approximate surface area is 225 Å². The van der Waals surface area contributed by atoms with Gasteiger partial charge >= 0.3 is 0 Å². The average molecular weight is 515 g/mol. The Morgan fingerprint density at radius 2 is 1.59 bits per heavy atom. The van der Waals surface area contributed by atoms with Gasteiger partial charge in [0.1, 0.15) is 6.04 Å². The molecular weight excluding hydrogens is 476 g/mol. The van der Waals surface area contributed by atoms with Gasteiger partial charge in [-0.25, -0.2) is 0 Å². The highest BCUT2D eigenvalue weighted by atomic mass is 32.2. The van der Waals surface area contributed by atoms with E-state index in [1.807, 2.05) is 47.4 Å². The molecule has 0 radical (unpaired) electrons. The van der Waals surface area contributed by atoms with E-state index in [9.17, 15) is 9.59 Å². The molecule has 0 unspecified atom stereocenters. The number of aryl methyl sites for hydroxylation is 2. The van der Waals surface area contributed by atoms with Crippen LogP contribution in [0.25, 0.3) is 0 Å². The third-order valence-corrected chi connectivity index (χ3v) is 8.19. The van der Waals surface area contributed by atoms with Crippen LogP contribution in [0.3, 0.4) is 0 Å². The number of carbonyl (C=O) groups is 2. The average Bonchev–Trinajstić information content (AvgIpc) is 3.42. The van der Waals surface area contributed by atoms with E-state index in [1.54, 1.807) is 11.8 Å². The second kappa shape index (κ2) is 13.5. The maximum absolute atomic E-state index is 13.8. The molecule has 1 saturated carbocycles. The highest BCUT2D eigenvalue weighted by Crippen LogP contribution is 2.23. The molecule has 1 aliphatic rings. The van der Waals surface area contributed by atoms with E-state index in [4.69, 9.17) is 0 Å². The Morgan fingerprint density at radius 3 is 2.30 bits per heavy atom. The second-order valence-corrected chi connectivity index (χ2v) is 11.2. The Morgan fingerprint density at radius 1 is 0.919 bits per heavy atom. The van der Waals surface area contributed by atoms with Gasteiger partial charge in [-0.15, -0.1) is 11.8 Å². The summed E-state index contributed by atoms with van der Waals surface area (Å²) in [5.74, 6) is 0.656. The van der Waals surface area contributed by atoms with Crippen LogP contribution in [-0.2, 0) is 22.6 Å². The summed E-state index contributed by atoms with van der Waals surface area (Å²) in [4.78, 5) is 30.5. The van der Waals surface area contributed by atoms with Gasteiger partial charge in [0, 0.05) is 36.1 Å². The summed E-state index contributed by atoms with van der Waals surface area (Å²) in [5, 5.41) is 3.28. The maximum atomic E-state index is 13.8. The van der Waals surface area contributed by atoms with E-state index in [0.717, 1.165) is 47.3 Å². The van der Waals surface area contributed by atoms with E-state index in [1.165, 1.54) is 5.56 Å². The molecule has 3 aromatic rings. The summed E-state index contributed by atoms with van der Waals surface area (Å²) in [5.41, 5.74) is 4.49. The Hall–Kier alpha value is -3.05. The van der Waals surface area contributed by atoms with Crippen molar-refractivity contribution in [1.29, 1.82) is 0 Å². The molecule has 4 nitrogen and oxygen atoms in total. The molecule has 1 fully saturated rings. The van der Waals surface area contributed by atoms with Crippen LogP contribution < -0.4 is 5.32 Å². The molecule has 5 heteroatoms. The molecule has 0 heterocycles. The van der Waals surface area contributed by atoms with Crippen LogP contribution >= 0.6 is 11.8 Å². The first kappa shape index (κ1) is 27.0. The molecule has 3 aromatic carbocycles. The minimum Gasteiger partial charge on any atom is -0.352 e. The third kappa shape index (κ3) is 7.96. The minimum atomic E-state index is -0.556. The monoisotopic (exact) mass is 514 g/mol. The van der Waals surface area contributed by atoms with Gasteiger partial charge in [0.25, 0.3) is 0 Å². The van der Waals surface area contributed by atoms with E-state index < -0.39 is 6.04 Å². The number of thioether (sulfide) groups is 1. The molecule has 4 rings (SSSR count). The van der Waals surface area contributed by atoms with Gasteiger partial charge in [-0.3, -0.25) is 9.59 Å². The summed E-state index contributed by atoms with van der Waals surface area (Å²) >= 11 is 1.69. The van der Waals surface area contributed by atoms with Crippen LogP contribution in [0, 0.1) is 13.8 Å².